The van der Waals surface area contributed by atoms with Crippen LogP contribution in [0.15, 0.2) is 79.8 Å². The molecule has 1 aliphatic carbocycles. The molecule has 2 aromatic heterocycles. The lowest BCUT2D eigenvalue weighted by Gasteiger charge is -2.36. The molecule has 4 heterocycles. The Bertz CT molecular complexity index is 1490. The van der Waals surface area contributed by atoms with Crippen molar-refractivity contribution in [3.8, 4) is 0 Å². The normalized spacial score (nSPS) is 23.8. The van der Waals surface area contributed by atoms with Gasteiger partial charge in [-0.15, -0.1) is 11.3 Å². The third-order valence-electron chi connectivity index (χ3n) is 7.44. The number of allylic oxidation sites excluding steroid dienone is 3. The van der Waals surface area contributed by atoms with Gasteiger partial charge in [0.1, 0.15) is 12.2 Å². The zero-order chi connectivity index (χ0) is 25.5. The fourth-order valence-corrected chi connectivity index (χ4v) is 6.49. The highest BCUT2D eigenvalue weighted by Crippen LogP contribution is 2.46. The standard InChI is InChI=1S/C29H27NO6S/c1-16-25(29(33)36-14-18-6-4-10-34-18)26(20-15-35-23-8-3-2-7-19(23)28(20)32)27-21(30-16)12-17(13-22(27)31)24-9-5-11-37-24/h2-3,5,7-9,11,15,17-18,26,30H,4,6,10,12-14H2,1H3/t17-,18-,26-/m0/s1. The summed E-state index contributed by atoms with van der Waals surface area (Å²) in [4.78, 5) is 42.1. The number of ketones is 1. The fraction of sp³-hybridized carbons (Fsp3) is 0.345. The van der Waals surface area contributed by atoms with Crippen LogP contribution >= 0.6 is 11.3 Å². The average Bonchev–Trinajstić information content (AvgIpc) is 3.62. The summed E-state index contributed by atoms with van der Waals surface area (Å²) in [6.07, 6.45) is 3.95. The quantitative estimate of drug-likeness (QED) is 0.479. The lowest BCUT2D eigenvalue weighted by Crippen LogP contribution is -2.37. The number of Topliss-reactive ketones (excluding diaryl/α,β-unsaturated/α-hetero) is 1. The molecule has 1 fully saturated rings. The molecule has 0 spiro atoms. The molecule has 8 heteroatoms. The van der Waals surface area contributed by atoms with Crippen molar-refractivity contribution in [2.45, 2.75) is 50.5 Å². The lowest BCUT2D eigenvalue weighted by atomic mass is 9.73. The van der Waals surface area contributed by atoms with Crippen LogP contribution in [0.3, 0.4) is 0 Å². The molecule has 37 heavy (non-hydrogen) atoms. The van der Waals surface area contributed by atoms with Crippen LogP contribution in [-0.4, -0.2) is 31.1 Å². The predicted molar refractivity (Wildman–Crippen MR) is 139 cm³/mol. The summed E-state index contributed by atoms with van der Waals surface area (Å²) in [5.74, 6) is -1.46. The molecule has 7 nitrogen and oxygen atoms in total. The molecule has 0 amide bonds. The summed E-state index contributed by atoms with van der Waals surface area (Å²) < 4.78 is 17.1. The smallest absolute Gasteiger partial charge is 0.336 e. The van der Waals surface area contributed by atoms with Crippen LogP contribution in [0.5, 0.6) is 0 Å². The van der Waals surface area contributed by atoms with Crippen molar-refractivity contribution in [2.75, 3.05) is 13.2 Å². The molecular formula is C29H27NO6S. The first-order chi connectivity index (χ1) is 18.0. The highest BCUT2D eigenvalue weighted by atomic mass is 32.1. The van der Waals surface area contributed by atoms with E-state index in [1.54, 1.807) is 42.5 Å². The maximum atomic E-state index is 13.7. The van der Waals surface area contributed by atoms with Gasteiger partial charge in [0.2, 0.25) is 0 Å². The Morgan fingerprint density at radius 2 is 2.03 bits per heavy atom. The number of benzene rings is 1. The minimum atomic E-state index is -0.870. The SMILES string of the molecule is CC1=C(C(=O)OC[C@@H]2CCCO2)[C@H](c2coc3ccccc3c2=O)C2=C(C[C@H](c3cccs3)CC2=O)N1. The molecule has 3 aromatic rings. The van der Waals surface area contributed by atoms with Gasteiger partial charge in [-0.3, -0.25) is 9.59 Å². The van der Waals surface area contributed by atoms with Crippen LogP contribution in [-0.2, 0) is 19.1 Å². The maximum absolute atomic E-state index is 13.7. The second kappa shape index (κ2) is 9.76. The molecule has 0 bridgehead atoms. The average molecular weight is 518 g/mol. The molecule has 190 valence electrons. The van der Waals surface area contributed by atoms with Crippen molar-refractivity contribution in [2.24, 2.45) is 0 Å². The monoisotopic (exact) mass is 517 g/mol. The lowest BCUT2D eigenvalue weighted by molar-refractivity contribution is -0.142. The highest BCUT2D eigenvalue weighted by molar-refractivity contribution is 7.10. The van der Waals surface area contributed by atoms with Gasteiger partial charge in [0.25, 0.3) is 0 Å². The van der Waals surface area contributed by atoms with Gasteiger partial charge in [-0.2, -0.15) is 0 Å². The summed E-state index contributed by atoms with van der Waals surface area (Å²) in [7, 11) is 0. The third kappa shape index (κ3) is 4.34. The van der Waals surface area contributed by atoms with E-state index in [0.717, 1.165) is 23.4 Å². The minimum absolute atomic E-state index is 0.0493. The molecule has 0 unspecified atom stereocenters. The Kier molecular flexibility index (Phi) is 6.30. The number of carbonyl (C=O) groups excluding carboxylic acids is 2. The number of rotatable bonds is 5. The van der Waals surface area contributed by atoms with E-state index in [2.05, 4.69) is 5.32 Å². The van der Waals surface area contributed by atoms with E-state index in [9.17, 15) is 14.4 Å². The Morgan fingerprint density at radius 1 is 1.16 bits per heavy atom. The summed E-state index contributed by atoms with van der Waals surface area (Å²) in [5.41, 5.74) is 2.50. The van der Waals surface area contributed by atoms with Gasteiger partial charge in [-0.05, 0) is 49.8 Å². The van der Waals surface area contributed by atoms with E-state index < -0.39 is 11.9 Å². The molecule has 1 N–H and O–H groups in total. The summed E-state index contributed by atoms with van der Waals surface area (Å²) >= 11 is 1.63. The molecule has 0 radical (unpaired) electrons. The van der Waals surface area contributed by atoms with Gasteiger partial charge in [0.15, 0.2) is 11.2 Å². The first kappa shape index (κ1) is 23.9. The van der Waals surface area contributed by atoms with Crippen molar-refractivity contribution >= 4 is 34.1 Å². The number of dihydropyridines is 1. The van der Waals surface area contributed by atoms with Crippen molar-refractivity contribution < 1.29 is 23.5 Å². The topological polar surface area (TPSA) is 94.8 Å². The van der Waals surface area contributed by atoms with Gasteiger partial charge in [-0.1, -0.05) is 18.2 Å². The van der Waals surface area contributed by atoms with Crippen molar-refractivity contribution in [1.29, 1.82) is 0 Å². The molecule has 1 saturated heterocycles. The molecule has 0 saturated carbocycles. The molecule has 6 rings (SSSR count). The van der Waals surface area contributed by atoms with Gasteiger partial charge in [0, 0.05) is 46.4 Å². The number of fused-ring (bicyclic) bond motifs is 1. The molecule has 3 atom stereocenters. The number of ether oxygens (including phenoxy) is 2. The van der Waals surface area contributed by atoms with Crippen LogP contribution in [0.1, 0.15) is 54.9 Å². The highest BCUT2D eigenvalue weighted by Gasteiger charge is 2.43. The second-order valence-electron chi connectivity index (χ2n) is 9.78. The number of thiophene rings is 1. The number of para-hydroxylation sites is 1. The van der Waals surface area contributed by atoms with E-state index in [4.69, 9.17) is 13.9 Å². The van der Waals surface area contributed by atoms with Gasteiger partial charge in [0.05, 0.1) is 29.2 Å². The summed E-state index contributed by atoms with van der Waals surface area (Å²) in [6, 6.07) is 11.0. The van der Waals surface area contributed by atoms with E-state index in [0.29, 0.717) is 41.7 Å². The molecular weight excluding hydrogens is 490 g/mol. The van der Waals surface area contributed by atoms with Gasteiger partial charge >= 0.3 is 5.97 Å². The van der Waals surface area contributed by atoms with Gasteiger partial charge < -0.3 is 19.2 Å². The fourth-order valence-electron chi connectivity index (χ4n) is 5.66. The van der Waals surface area contributed by atoms with E-state index in [-0.39, 0.29) is 41.0 Å². The van der Waals surface area contributed by atoms with Crippen LogP contribution in [0.4, 0.5) is 0 Å². The first-order valence-electron chi connectivity index (χ1n) is 12.6. The van der Waals surface area contributed by atoms with Crippen LogP contribution in [0.2, 0.25) is 0 Å². The number of hydrogen-bond donors (Lipinski definition) is 1. The van der Waals surface area contributed by atoms with Crippen molar-refractivity contribution in [3.63, 3.8) is 0 Å². The second-order valence-corrected chi connectivity index (χ2v) is 10.8. The van der Waals surface area contributed by atoms with Crippen molar-refractivity contribution in [3.05, 3.63) is 91.2 Å². The summed E-state index contributed by atoms with van der Waals surface area (Å²) in [5, 5.41) is 5.75. The Hall–Kier alpha value is -3.49. The van der Waals surface area contributed by atoms with E-state index in [1.165, 1.54) is 6.26 Å². The van der Waals surface area contributed by atoms with E-state index in [1.807, 2.05) is 17.5 Å². The minimum Gasteiger partial charge on any atom is -0.464 e. The Balaban J connectivity index is 1.44. The predicted octanol–water partition coefficient (Wildman–Crippen LogP) is 4.94. The number of esters is 1. The van der Waals surface area contributed by atoms with Crippen molar-refractivity contribution in [1.82, 2.24) is 5.32 Å². The van der Waals surface area contributed by atoms with Crippen LogP contribution in [0, 0.1) is 0 Å². The third-order valence-corrected chi connectivity index (χ3v) is 8.47. The van der Waals surface area contributed by atoms with Crippen LogP contribution < -0.4 is 10.7 Å². The zero-order valence-corrected chi connectivity index (χ0v) is 21.3. The number of carbonyl (C=O) groups is 2. The maximum Gasteiger partial charge on any atom is 0.336 e. The van der Waals surface area contributed by atoms with Crippen LogP contribution in [0.25, 0.3) is 11.0 Å². The first-order valence-corrected chi connectivity index (χ1v) is 13.5. The number of hydrogen-bond acceptors (Lipinski definition) is 8. The Morgan fingerprint density at radius 3 is 2.81 bits per heavy atom. The number of nitrogens with one attached hydrogen (secondary N) is 1. The molecule has 2 aliphatic heterocycles. The molecule has 1 aromatic carbocycles. The molecule has 3 aliphatic rings. The Labute approximate surface area is 217 Å². The largest absolute Gasteiger partial charge is 0.464 e. The zero-order valence-electron chi connectivity index (χ0n) is 20.5. The summed E-state index contributed by atoms with van der Waals surface area (Å²) in [6.45, 7) is 2.58. The van der Waals surface area contributed by atoms with E-state index >= 15 is 0 Å². The van der Waals surface area contributed by atoms with Gasteiger partial charge in [-0.25, -0.2) is 4.79 Å².